The van der Waals surface area contributed by atoms with Crippen LogP contribution in [0.4, 0.5) is 16.2 Å². The molecule has 2 amide bonds. The average Bonchev–Trinajstić information content (AvgIpc) is 2.69. The zero-order valence-corrected chi connectivity index (χ0v) is 12.7. The van der Waals surface area contributed by atoms with Crippen LogP contribution in [-0.4, -0.2) is 25.2 Å². The van der Waals surface area contributed by atoms with Crippen molar-refractivity contribution >= 4 is 64.2 Å². The van der Waals surface area contributed by atoms with Gasteiger partial charge >= 0.3 is 6.03 Å². The van der Waals surface area contributed by atoms with E-state index in [0.29, 0.717) is 17.6 Å². The number of amides is 2. The first-order valence-electron chi connectivity index (χ1n) is 5.13. The summed E-state index contributed by atoms with van der Waals surface area (Å²) in [7, 11) is 0. The lowest BCUT2D eigenvalue weighted by Gasteiger charge is -2.19. The Hall–Kier alpha value is -0.930. The molecule has 2 rings (SSSR count). The van der Waals surface area contributed by atoms with Crippen LogP contribution in [0, 0.1) is 10.1 Å². The SMILES string of the molecule is O=C1N(SC(Cl)(Cl)Cl)NCN1c1ccc([N+](=O)[O-])cc1. The number of nitro groups is 1. The standard InChI is InChI=1S/C9H7Cl3N4O3S/c10-9(11,12)20-15-8(17)14(5-13-15)6-1-3-7(4-2-6)16(18)19/h1-4,13H,5H2. The minimum atomic E-state index is -1.67. The van der Waals surface area contributed by atoms with Crippen LogP contribution in [0.3, 0.4) is 0 Å². The first-order chi connectivity index (χ1) is 9.28. The molecule has 0 bridgehead atoms. The molecular weight excluding hydrogens is 351 g/mol. The van der Waals surface area contributed by atoms with Gasteiger partial charge in [0.1, 0.15) is 0 Å². The zero-order valence-electron chi connectivity index (χ0n) is 9.63. The number of carbonyl (C=O) groups excluding carboxylic acids is 1. The fraction of sp³-hybridized carbons (Fsp3) is 0.222. The molecule has 20 heavy (non-hydrogen) atoms. The summed E-state index contributed by atoms with van der Waals surface area (Å²) in [5, 5.41) is 10.6. The maximum Gasteiger partial charge on any atom is 0.350 e. The van der Waals surface area contributed by atoms with Gasteiger partial charge in [-0.1, -0.05) is 34.8 Å². The van der Waals surface area contributed by atoms with Crippen LogP contribution < -0.4 is 10.3 Å². The van der Waals surface area contributed by atoms with Crippen LogP contribution in [0.15, 0.2) is 24.3 Å². The lowest BCUT2D eigenvalue weighted by molar-refractivity contribution is -0.384. The van der Waals surface area contributed by atoms with Crippen molar-refractivity contribution in [3.05, 3.63) is 34.4 Å². The molecule has 1 aliphatic heterocycles. The van der Waals surface area contributed by atoms with Gasteiger partial charge in [-0.3, -0.25) is 15.0 Å². The molecule has 0 atom stereocenters. The van der Waals surface area contributed by atoms with Crippen molar-refractivity contribution in [2.45, 2.75) is 3.12 Å². The molecule has 0 aromatic heterocycles. The largest absolute Gasteiger partial charge is 0.350 e. The van der Waals surface area contributed by atoms with E-state index in [4.69, 9.17) is 34.8 Å². The number of anilines is 1. The summed E-state index contributed by atoms with van der Waals surface area (Å²) >= 11 is 17.5. The number of hydrazine groups is 1. The van der Waals surface area contributed by atoms with Gasteiger partial charge in [-0.2, -0.15) is 9.84 Å². The Labute approximate surface area is 133 Å². The van der Waals surface area contributed by atoms with Gasteiger partial charge in [0, 0.05) is 29.8 Å². The number of benzene rings is 1. The monoisotopic (exact) mass is 356 g/mol. The van der Waals surface area contributed by atoms with E-state index in [1.165, 1.54) is 29.2 Å². The van der Waals surface area contributed by atoms with Crippen molar-refractivity contribution in [3.63, 3.8) is 0 Å². The molecule has 1 saturated heterocycles. The van der Waals surface area contributed by atoms with Gasteiger partial charge in [-0.05, 0) is 12.1 Å². The van der Waals surface area contributed by atoms with Crippen LogP contribution in [0.2, 0.25) is 0 Å². The van der Waals surface area contributed by atoms with E-state index in [9.17, 15) is 14.9 Å². The summed E-state index contributed by atoms with van der Waals surface area (Å²) in [4.78, 5) is 23.5. The third-order valence-corrected chi connectivity index (χ3v) is 3.64. The zero-order chi connectivity index (χ0) is 14.9. The first kappa shape index (κ1) is 15.5. The van der Waals surface area contributed by atoms with E-state index in [2.05, 4.69) is 5.43 Å². The van der Waals surface area contributed by atoms with Crippen molar-refractivity contribution in [1.29, 1.82) is 0 Å². The summed E-state index contributed by atoms with van der Waals surface area (Å²) in [5.41, 5.74) is 3.18. The maximum atomic E-state index is 12.1. The molecule has 7 nitrogen and oxygen atoms in total. The summed E-state index contributed by atoms with van der Waals surface area (Å²) in [5.74, 6) is 0. The third-order valence-electron chi connectivity index (χ3n) is 2.34. The van der Waals surface area contributed by atoms with Crippen molar-refractivity contribution in [2.75, 3.05) is 11.6 Å². The van der Waals surface area contributed by atoms with Crippen LogP contribution in [0.1, 0.15) is 0 Å². The summed E-state index contributed by atoms with van der Waals surface area (Å²) in [6.07, 6.45) is 0. The highest BCUT2D eigenvalue weighted by molar-refractivity contribution is 8.03. The topological polar surface area (TPSA) is 78.7 Å². The second-order valence-corrected chi connectivity index (χ2v) is 7.75. The lowest BCUT2D eigenvalue weighted by Crippen LogP contribution is -2.31. The Bertz CT molecular complexity index is 536. The molecule has 1 heterocycles. The van der Waals surface area contributed by atoms with E-state index in [-0.39, 0.29) is 12.4 Å². The number of rotatable bonds is 3. The fourth-order valence-electron chi connectivity index (χ4n) is 1.51. The van der Waals surface area contributed by atoms with Gasteiger partial charge in [-0.25, -0.2) is 4.79 Å². The highest BCUT2D eigenvalue weighted by Gasteiger charge is 2.36. The normalized spacial score (nSPS) is 15.8. The Balaban J connectivity index is 2.11. The van der Waals surface area contributed by atoms with E-state index >= 15 is 0 Å². The van der Waals surface area contributed by atoms with Gasteiger partial charge in [0.25, 0.3) is 8.81 Å². The predicted molar refractivity (Wildman–Crippen MR) is 78.7 cm³/mol. The van der Waals surface area contributed by atoms with Gasteiger partial charge in [-0.15, -0.1) is 0 Å². The molecule has 0 spiro atoms. The lowest BCUT2D eigenvalue weighted by atomic mass is 10.2. The van der Waals surface area contributed by atoms with Crippen molar-refractivity contribution in [1.82, 2.24) is 9.84 Å². The third kappa shape index (κ3) is 3.58. The second kappa shape index (κ2) is 5.82. The summed E-state index contributed by atoms with van der Waals surface area (Å²) in [6.45, 7) is 0.171. The number of hydrogen-bond donors (Lipinski definition) is 1. The molecule has 0 aliphatic carbocycles. The van der Waals surface area contributed by atoms with E-state index in [1.54, 1.807) is 0 Å². The molecule has 1 aromatic carbocycles. The Morgan fingerprint density at radius 3 is 2.40 bits per heavy atom. The number of nitrogens with zero attached hydrogens (tertiary/aromatic N) is 3. The van der Waals surface area contributed by atoms with E-state index in [1.807, 2.05) is 0 Å². The van der Waals surface area contributed by atoms with Gasteiger partial charge < -0.3 is 0 Å². The highest BCUT2D eigenvalue weighted by Crippen LogP contribution is 2.41. The average molecular weight is 358 g/mol. The fourth-order valence-corrected chi connectivity index (χ4v) is 2.64. The van der Waals surface area contributed by atoms with Crippen LogP contribution in [0.25, 0.3) is 0 Å². The molecule has 1 N–H and O–H groups in total. The summed E-state index contributed by atoms with van der Waals surface area (Å²) in [6, 6.07) is 5.14. The number of hydrogen-bond acceptors (Lipinski definition) is 5. The molecular formula is C9H7Cl3N4O3S. The minimum Gasteiger partial charge on any atom is -0.278 e. The number of non-ortho nitro benzene ring substituents is 1. The van der Waals surface area contributed by atoms with Crippen LogP contribution in [0.5, 0.6) is 0 Å². The minimum absolute atomic E-state index is 0.0547. The molecule has 1 aliphatic rings. The number of halogens is 3. The molecule has 0 saturated carbocycles. The van der Waals surface area contributed by atoms with Gasteiger partial charge in [0.15, 0.2) is 0 Å². The molecule has 108 valence electrons. The smallest absolute Gasteiger partial charge is 0.278 e. The highest BCUT2D eigenvalue weighted by atomic mass is 35.6. The molecule has 11 heteroatoms. The molecule has 0 radical (unpaired) electrons. The first-order valence-corrected chi connectivity index (χ1v) is 7.04. The quantitative estimate of drug-likeness (QED) is 0.389. The molecule has 0 unspecified atom stereocenters. The maximum absolute atomic E-state index is 12.1. The van der Waals surface area contributed by atoms with E-state index < -0.39 is 14.1 Å². The molecule has 1 aromatic rings. The number of urea groups is 1. The Kier molecular flexibility index (Phi) is 4.50. The number of carbonyl (C=O) groups is 1. The van der Waals surface area contributed by atoms with E-state index in [0.717, 1.165) is 4.41 Å². The molecule has 1 fully saturated rings. The Morgan fingerprint density at radius 2 is 1.90 bits per heavy atom. The van der Waals surface area contributed by atoms with Crippen molar-refractivity contribution < 1.29 is 9.72 Å². The summed E-state index contributed by atoms with van der Waals surface area (Å²) < 4.78 is -0.581. The van der Waals surface area contributed by atoms with Gasteiger partial charge in [0.2, 0.25) is 0 Å². The Morgan fingerprint density at radius 1 is 1.30 bits per heavy atom. The predicted octanol–water partition coefficient (Wildman–Crippen LogP) is 3.27. The number of alkyl halides is 3. The van der Waals surface area contributed by atoms with Gasteiger partial charge in [0.05, 0.1) is 11.6 Å². The number of nitrogens with one attached hydrogen (secondary N) is 1. The van der Waals surface area contributed by atoms with Crippen LogP contribution in [-0.2, 0) is 0 Å². The van der Waals surface area contributed by atoms with Crippen molar-refractivity contribution in [3.8, 4) is 0 Å². The van der Waals surface area contributed by atoms with Crippen molar-refractivity contribution in [2.24, 2.45) is 0 Å². The van der Waals surface area contributed by atoms with Crippen LogP contribution >= 0.6 is 46.8 Å². The second-order valence-electron chi connectivity index (χ2n) is 3.63. The number of nitro benzene ring substituents is 1.